The van der Waals surface area contributed by atoms with Crippen LogP contribution < -0.4 is 10.5 Å². The number of carbonyl (C=O) groups is 1. The monoisotopic (exact) mass is 266 g/mol. The lowest BCUT2D eigenvalue weighted by atomic mass is 9.90. The first-order chi connectivity index (χ1) is 8.63. The van der Waals surface area contributed by atoms with Gasteiger partial charge in [-0.2, -0.15) is 0 Å². The number of ether oxygens (including phenoxy) is 1. The normalized spacial score (nSPS) is 14.2. The van der Waals surface area contributed by atoms with Crippen molar-refractivity contribution in [2.45, 2.75) is 19.3 Å². The Hall–Kier alpha value is -1.39. The predicted octanol–water partition coefficient (Wildman–Crippen LogP) is 2.22. The smallest absolute Gasteiger partial charge is 0.163 e. The number of ketones is 1. The summed E-state index contributed by atoms with van der Waals surface area (Å²) in [6.07, 6.45) is 2.21. The Morgan fingerprint density at radius 2 is 2.22 bits per heavy atom. The molecule has 3 N–H and O–H groups in total. The summed E-state index contributed by atoms with van der Waals surface area (Å²) in [5.41, 5.74) is 7.19. The van der Waals surface area contributed by atoms with Crippen molar-refractivity contribution >= 4 is 23.1 Å². The average Bonchev–Trinajstić information content (AvgIpc) is 2.38. The molecule has 4 nitrogen and oxygen atoms in total. The highest BCUT2D eigenvalue weighted by Crippen LogP contribution is 2.34. The van der Waals surface area contributed by atoms with Gasteiger partial charge in [0.15, 0.2) is 5.78 Å². The molecule has 0 fully saturated rings. The Kier molecular flexibility index (Phi) is 3.99. The molecule has 0 bridgehead atoms. The largest absolute Gasteiger partial charge is 0.486 e. The Morgan fingerprint density at radius 3 is 2.94 bits per heavy atom. The fraction of sp³-hybridized carbons (Fsp3) is 0.385. The Labute approximate surface area is 111 Å². The van der Waals surface area contributed by atoms with Gasteiger partial charge in [0.05, 0.1) is 10.7 Å². The lowest BCUT2D eigenvalue weighted by molar-refractivity contribution is 0.0972. The lowest BCUT2D eigenvalue weighted by Gasteiger charge is -2.18. The first kappa shape index (κ1) is 13.1. The number of fused-ring (bicyclic) bond motifs is 1. The molecule has 0 aliphatic heterocycles. The second kappa shape index (κ2) is 5.50. The fourth-order valence-corrected chi connectivity index (χ4v) is 2.31. The van der Waals surface area contributed by atoms with E-state index in [-0.39, 0.29) is 18.9 Å². The molecule has 0 amide bonds. The molecule has 0 heterocycles. The maximum atomic E-state index is 11.7. The summed E-state index contributed by atoms with van der Waals surface area (Å²) in [5, 5.41) is 7.92. The molecule has 0 saturated heterocycles. The second-order valence-electron chi connectivity index (χ2n) is 4.28. The molecule has 18 heavy (non-hydrogen) atoms. The van der Waals surface area contributed by atoms with Gasteiger partial charge in [-0.25, -0.2) is 0 Å². The Balaban J connectivity index is 2.23. The molecular weight excluding hydrogens is 252 g/mol. The molecule has 1 aromatic rings. The highest BCUT2D eigenvalue weighted by Gasteiger charge is 2.21. The quantitative estimate of drug-likeness (QED) is 0.821. The van der Waals surface area contributed by atoms with Gasteiger partial charge < -0.3 is 15.9 Å². The van der Waals surface area contributed by atoms with Crippen molar-refractivity contribution in [3.05, 3.63) is 28.3 Å². The van der Waals surface area contributed by atoms with Crippen molar-refractivity contribution in [1.82, 2.24) is 0 Å². The maximum Gasteiger partial charge on any atom is 0.163 e. The van der Waals surface area contributed by atoms with Gasteiger partial charge in [-0.15, -0.1) is 0 Å². The van der Waals surface area contributed by atoms with Gasteiger partial charge in [0, 0.05) is 18.5 Å². The summed E-state index contributed by atoms with van der Waals surface area (Å²) < 4.78 is 5.44. The molecule has 0 unspecified atom stereocenters. The number of benzene rings is 1. The lowest BCUT2D eigenvalue weighted by Crippen LogP contribution is -2.20. The molecule has 2 rings (SSSR count). The molecule has 1 aromatic carbocycles. The van der Waals surface area contributed by atoms with Gasteiger partial charge in [-0.05, 0) is 30.5 Å². The molecule has 0 radical (unpaired) electrons. The van der Waals surface area contributed by atoms with Crippen molar-refractivity contribution in [2.24, 2.45) is 5.73 Å². The van der Waals surface area contributed by atoms with E-state index in [2.05, 4.69) is 0 Å². The van der Waals surface area contributed by atoms with Crippen LogP contribution >= 0.6 is 11.6 Å². The van der Waals surface area contributed by atoms with E-state index in [0.29, 0.717) is 28.5 Å². The van der Waals surface area contributed by atoms with Crippen molar-refractivity contribution < 1.29 is 9.53 Å². The molecule has 0 spiro atoms. The van der Waals surface area contributed by atoms with E-state index >= 15 is 0 Å². The van der Waals surface area contributed by atoms with Crippen LogP contribution in [0.15, 0.2) is 12.1 Å². The van der Waals surface area contributed by atoms with Crippen LogP contribution in [0.3, 0.4) is 0 Å². The van der Waals surface area contributed by atoms with E-state index in [9.17, 15) is 4.79 Å². The minimum atomic E-state index is 0.128. The van der Waals surface area contributed by atoms with Crippen LogP contribution in [-0.4, -0.2) is 24.6 Å². The second-order valence-corrected chi connectivity index (χ2v) is 4.65. The summed E-state index contributed by atoms with van der Waals surface area (Å²) in [6.45, 7) is 0.296. The topological polar surface area (TPSA) is 76.2 Å². The van der Waals surface area contributed by atoms with Gasteiger partial charge in [-0.1, -0.05) is 11.6 Å². The third-order valence-corrected chi connectivity index (χ3v) is 3.40. The average molecular weight is 267 g/mol. The molecule has 0 atom stereocenters. The third-order valence-electron chi connectivity index (χ3n) is 2.99. The summed E-state index contributed by atoms with van der Waals surface area (Å²) in [5.74, 6) is 0.655. The van der Waals surface area contributed by atoms with Crippen molar-refractivity contribution in [2.75, 3.05) is 13.2 Å². The van der Waals surface area contributed by atoms with E-state index in [4.69, 9.17) is 27.5 Å². The fourth-order valence-electron chi connectivity index (χ4n) is 2.00. The molecule has 1 aliphatic carbocycles. The van der Waals surface area contributed by atoms with Crippen LogP contribution in [-0.2, 0) is 6.42 Å². The van der Waals surface area contributed by atoms with E-state index in [1.165, 1.54) is 0 Å². The van der Waals surface area contributed by atoms with E-state index in [0.717, 1.165) is 18.4 Å². The standard InChI is InChI=1S/C13H15ClN2O2/c14-13-10-2-1-3-11(17)9(10)4-5-12(13)18-7-8(16)6-15/h4-5,16H,1-3,6-7,15H2. The summed E-state index contributed by atoms with van der Waals surface area (Å²) in [7, 11) is 0. The van der Waals surface area contributed by atoms with Crippen LogP contribution in [0.4, 0.5) is 0 Å². The first-order valence-electron chi connectivity index (χ1n) is 5.87. The van der Waals surface area contributed by atoms with E-state index < -0.39 is 0 Å². The van der Waals surface area contributed by atoms with Crippen LogP contribution in [0.1, 0.15) is 28.8 Å². The Bertz CT molecular complexity index is 500. The molecule has 0 saturated carbocycles. The van der Waals surface area contributed by atoms with Crippen molar-refractivity contribution in [1.29, 1.82) is 5.41 Å². The summed E-state index contributed by atoms with van der Waals surface area (Å²) in [6, 6.07) is 3.44. The summed E-state index contributed by atoms with van der Waals surface area (Å²) >= 11 is 6.24. The molecule has 0 aromatic heterocycles. The van der Waals surface area contributed by atoms with Gasteiger partial charge in [0.2, 0.25) is 0 Å². The van der Waals surface area contributed by atoms with Gasteiger partial charge in [0.1, 0.15) is 12.4 Å². The van der Waals surface area contributed by atoms with Gasteiger partial charge >= 0.3 is 0 Å². The predicted molar refractivity (Wildman–Crippen MR) is 71.0 cm³/mol. The zero-order valence-electron chi connectivity index (χ0n) is 9.96. The molecule has 5 heteroatoms. The van der Waals surface area contributed by atoms with Crippen LogP contribution in [0.2, 0.25) is 5.02 Å². The SMILES string of the molecule is N=C(CN)COc1ccc2c(c1Cl)CCCC2=O. The Morgan fingerprint density at radius 1 is 1.44 bits per heavy atom. The third kappa shape index (κ3) is 2.54. The molecular formula is C13H15ClN2O2. The number of halogens is 1. The maximum absolute atomic E-state index is 11.7. The number of Topliss-reactive ketones (excluding diaryl/α,β-unsaturated/α-hetero) is 1. The highest BCUT2D eigenvalue weighted by atomic mass is 35.5. The number of rotatable bonds is 4. The number of nitrogens with two attached hydrogens (primary N) is 1. The molecule has 1 aliphatic rings. The first-order valence-corrected chi connectivity index (χ1v) is 6.25. The number of carbonyl (C=O) groups excluding carboxylic acids is 1. The highest BCUT2D eigenvalue weighted by molar-refractivity contribution is 6.33. The van der Waals surface area contributed by atoms with Gasteiger partial charge in [0.25, 0.3) is 0 Å². The number of hydrogen-bond donors (Lipinski definition) is 2. The summed E-state index contributed by atoms with van der Waals surface area (Å²) in [4.78, 5) is 11.7. The van der Waals surface area contributed by atoms with Crippen molar-refractivity contribution in [3.63, 3.8) is 0 Å². The zero-order valence-corrected chi connectivity index (χ0v) is 10.7. The van der Waals surface area contributed by atoms with E-state index in [1.807, 2.05) is 0 Å². The van der Waals surface area contributed by atoms with Crippen LogP contribution in [0.25, 0.3) is 0 Å². The van der Waals surface area contributed by atoms with Crippen molar-refractivity contribution in [3.8, 4) is 5.75 Å². The molecule has 96 valence electrons. The number of hydrogen-bond acceptors (Lipinski definition) is 4. The van der Waals surface area contributed by atoms with Gasteiger partial charge in [-0.3, -0.25) is 4.79 Å². The van der Waals surface area contributed by atoms with Crippen LogP contribution in [0, 0.1) is 5.41 Å². The zero-order chi connectivity index (χ0) is 13.1. The minimum absolute atomic E-state index is 0.128. The number of nitrogens with one attached hydrogen (secondary N) is 1. The van der Waals surface area contributed by atoms with Crippen LogP contribution in [0.5, 0.6) is 5.75 Å². The minimum Gasteiger partial charge on any atom is -0.486 e. The van der Waals surface area contributed by atoms with E-state index in [1.54, 1.807) is 12.1 Å².